The maximum atomic E-state index is 12.1. The monoisotopic (exact) mass is 406 g/mol. The average Bonchev–Trinajstić information content (AvgIpc) is 2.51. The molecule has 2 N–H and O–H groups in total. The van der Waals surface area contributed by atoms with Crippen molar-refractivity contribution in [2.75, 3.05) is 26.3 Å². The SMILES string of the molecule is CC(C)(C)OC(=O)N1CCO[C@@H](COc2ccc(S(N)(=O)=O)cc2Cl)C1. The van der Waals surface area contributed by atoms with Crippen LogP contribution in [0.25, 0.3) is 0 Å². The molecule has 0 spiro atoms. The quantitative estimate of drug-likeness (QED) is 0.819. The van der Waals surface area contributed by atoms with Gasteiger partial charge >= 0.3 is 6.09 Å². The first-order valence-corrected chi connectivity index (χ1v) is 9.93. The molecule has 8 nitrogen and oxygen atoms in total. The van der Waals surface area contributed by atoms with Gasteiger partial charge < -0.3 is 19.1 Å². The van der Waals surface area contributed by atoms with Gasteiger partial charge in [-0.1, -0.05) is 11.6 Å². The molecule has 1 aromatic rings. The number of hydrogen-bond donors (Lipinski definition) is 1. The molecule has 1 atom stereocenters. The summed E-state index contributed by atoms with van der Waals surface area (Å²) in [4.78, 5) is 13.6. The zero-order valence-electron chi connectivity index (χ0n) is 14.9. The summed E-state index contributed by atoms with van der Waals surface area (Å²) >= 11 is 6.03. The number of nitrogens with two attached hydrogens (primary N) is 1. The summed E-state index contributed by atoms with van der Waals surface area (Å²) in [6.07, 6.45) is -0.758. The number of primary sulfonamides is 1. The third kappa shape index (κ3) is 6.01. The van der Waals surface area contributed by atoms with Gasteiger partial charge in [-0.15, -0.1) is 0 Å². The van der Waals surface area contributed by atoms with Crippen molar-refractivity contribution in [3.8, 4) is 5.75 Å². The molecule has 2 rings (SSSR count). The first-order chi connectivity index (χ1) is 12.0. The molecule has 0 unspecified atom stereocenters. The van der Waals surface area contributed by atoms with E-state index in [1.807, 2.05) is 0 Å². The van der Waals surface area contributed by atoms with Crippen LogP contribution < -0.4 is 9.88 Å². The number of rotatable bonds is 4. The van der Waals surface area contributed by atoms with E-state index in [0.717, 1.165) is 0 Å². The Morgan fingerprint density at radius 2 is 2.12 bits per heavy atom. The molecule has 146 valence electrons. The highest BCUT2D eigenvalue weighted by Crippen LogP contribution is 2.27. The van der Waals surface area contributed by atoms with Crippen molar-refractivity contribution < 1.29 is 27.4 Å². The van der Waals surface area contributed by atoms with Crippen LogP contribution in [-0.4, -0.2) is 57.4 Å². The normalized spacial score (nSPS) is 18.5. The van der Waals surface area contributed by atoms with Crippen LogP contribution in [0.4, 0.5) is 4.79 Å². The van der Waals surface area contributed by atoms with Crippen molar-refractivity contribution in [2.24, 2.45) is 5.14 Å². The fraction of sp³-hybridized carbons (Fsp3) is 0.562. The van der Waals surface area contributed by atoms with E-state index >= 15 is 0 Å². The van der Waals surface area contributed by atoms with Crippen molar-refractivity contribution in [3.05, 3.63) is 23.2 Å². The number of ether oxygens (including phenoxy) is 3. The van der Waals surface area contributed by atoms with E-state index in [0.29, 0.717) is 25.4 Å². The molecule has 0 bridgehead atoms. The van der Waals surface area contributed by atoms with Crippen molar-refractivity contribution in [2.45, 2.75) is 37.4 Å². The van der Waals surface area contributed by atoms with Gasteiger partial charge in [0.1, 0.15) is 24.1 Å². The molecule has 1 aliphatic rings. The van der Waals surface area contributed by atoms with Crippen molar-refractivity contribution in [1.82, 2.24) is 4.90 Å². The summed E-state index contributed by atoms with van der Waals surface area (Å²) in [5, 5.41) is 5.18. The minimum absolute atomic E-state index is 0.0973. The number of sulfonamides is 1. The van der Waals surface area contributed by atoms with Crippen molar-refractivity contribution in [1.29, 1.82) is 0 Å². The lowest BCUT2D eigenvalue weighted by atomic mass is 10.2. The number of hydrogen-bond acceptors (Lipinski definition) is 6. The van der Waals surface area contributed by atoms with Crippen LogP contribution >= 0.6 is 11.6 Å². The van der Waals surface area contributed by atoms with Gasteiger partial charge in [-0.3, -0.25) is 0 Å². The number of carbonyl (C=O) groups excluding carboxylic acids is 1. The zero-order valence-corrected chi connectivity index (χ0v) is 16.5. The average molecular weight is 407 g/mol. The largest absolute Gasteiger partial charge is 0.489 e. The van der Waals surface area contributed by atoms with Crippen molar-refractivity contribution in [3.63, 3.8) is 0 Å². The highest BCUT2D eigenvalue weighted by molar-refractivity contribution is 7.89. The second-order valence-electron chi connectivity index (χ2n) is 6.87. The van der Waals surface area contributed by atoms with Crippen LogP contribution in [0.15, 0.2) is 23.1 Å². The minimum atomic E-state index is -3.83. The maximum absolute atomic E-state index is 12.1. The lowest BCUT2D eigenvalue weighted by Crippen LogP contribution is -2.49. The minimum Gasteiger partial charge on any atom is -0.489 e. The van der Waals surface area contributed by atoms with Gasteiger partial charge in [0, 0.05) is 6.54 Å². The van der Waals surface area contributed by atoms with E-state index in [1.54, 1.807) is 25.7 Å². The molecule has 1 heterocycles. The van der Waals surface area contributed by atoms with Gasteiger partial charge in [0.15, 0.2) is 0 Å². The van der Waals surface area contributed by atoms with E-state index in [-0.39, 0.29) is 22.6 Å². The van der Waals surface area contributed by atoms with Crippen LogP contribution in [0, 0.1) is 0 Å². The third-order valence-electron chi connectivity index (χ3n) is 3.45. The van der Waals surface area contributed by atoms with Gasteiger partial charge in [-0.05, 0) is 39.0 Å². The number of amides is 1. The predicted molar refractivity (Wildman–Crippen MR) is 95.9 cm³/mol. The third-order valence-corrected chi connectivity index (χ3v) is 4.65. The fourth-order valence-corrected chi connectivity index (χ4v) is 3.11. The lowest BCUT2D eigenvalue weighted by Gasteiger charge is -2.34. The van der Waals surface area contributed by atoms with Crippen LogP contribution in [0.5, 0.6) is 5.75 Å². The number of halogens is 1. The maximum Gasteiger partial charge on any atom is 0.410 e. The molecule has 0 saturated carbocycles. The second kappa shape index (κ2) is 7.99. The van der Waals surface area contributed by atoms with E-state index in [4.69, 9.17) is 31.0 Å². The molecule has 26 heavy (non-hydrogen) atoms. The van der Waals surface area contributed by atoms with Gasteiger partial charge in [-0.25, -0.2) is 18.4 Å². The zero-order chi connectivity index (χ0) is 19.5. The summed E-state index contributed by atoms with van der Waals surface area (Å²) in [5.41, 5.74) is -0.569. The molecule has 10 heteroatoms. The Bertz CT molecular complexity index is 762. The van der Waals surface area contributed by atoms with Gasteiger partial charge in [0.25, 0.3) is 0 Å². The van der Waals surface area contributed by atoms with E-state index < -0.39 is 21.7 Å². The summed E-state index contributed by atoms with van der Waals surface area (Å²) in [7, 11) is -3.83. The molecule has 1 saturated heterocycles. The molecule has 1 fully saturated rings. The second-order valence-corrected chi connectivity index (χ2v) is 8.84. The highest BCUT2D eigenvalue weighted by atomic mass is 35.5. The van der Waals surface area contributed by atoms with Gasteiger partial charge in [-0.2, -0.15) is 0 Å². The number of morpholine rings is 1. The highest BCUT2D eigenvalue weighted by Gasteiger charge is 2.28. The Morgan fingerprint density at radius 3 is 2.69 bits per heavy atom. The van der Waals surface area contributed by atoms with Crippen LogP contribution in [0.3, 0.4) is 0 Å². The summed E-state index contributed by atoms with van der Waals surface area (Å²) in [5.74, 6) is 0.303. The standard InChI is InChI=1S/C16H23ClN2O6S/c1-16(2,3)25-15(20)19-6-7-23-11(9-19)10-24-14-5-4-12(8-13(14)17)26(18,21)22/h4-5,8,11H,6-7,9-10H2,1-3H3,(H2,18,21,22)/t11-/m1/s1. The van der Waals surface area contributed by atoms with Gasteiger partial charge in [0.05, 0.1) is 23.1 Å². The molecule has 0 aliphatic carbocycles. The Labute approximate surface area is 158 Å². The topological polar surface area (TPSA) is 108 Å². The molecule has 1 aliphatic heterocycles. The summed E-state index contributed by atoms with van der Waals surface area (Å²) in [6.45, 7) is 6.69. The number of nitrogens with zero attached hydrogens (tertiary/aromatic N) is 1. The molecular weight excluding hydrogens is 384 g/mol. The van der Waals surface area contributed by atoms with Crippen LogP contribution in [0.1, 0.15) is 20.8 Å². The van der Waals surface area contributed by atoms with E-state index in [2.05, 4.69) is 0 Å². The molecular formula is C16H23ClN2O6S. The van der Waals surface area contributed by atoms with Crippen LogP contribution in [0.2, 0.25) is 5.02 Å². The number of carbonyl (C=O) groups is 1. The Hall–Kier alpha value is -1.55. The molecule has 0 radical (unpaired) electrons. The first-order valence-electron chi connectivity index (χ1n) is 8.00. The van der Waals surface area contributed by atoms with E-state index in [9.17, 15) is 13.2 Å². The molecule has 1 amide bonds. The Morgan fingerprint density at radius 1 is 1.42 bits per heavy atom. The summed E-state index contributed by atoms with van der Waals surface area (Å²) in [6, 6.07) is 3.96. The fourth-order valence-electron chi connectivity index (χ4n) is 2.27. The molecule has 1 aromatic carbocycles. The van der Waals surface area contributed by atoms with Gasteiger partial charge in [0.2, 0.25) is 10.0 Å². The predicted octanol–water partition coefficient (Wildman–Crippen LogP) is 2.00. The van der Waals surface area contributed by atoms with Crippen molar-refractivity contribution >= 4 is 27.7 Å². The Kier molecular flexibility index (Phi) is 6.38. The number of benzene rings is 1. The molecule has 0 aromatic heterocycles. The summed E-state index contributed by atoms with van der Waals surface area (Å²) < 4.78 is 39.2. The lowest BCUT2D eigenvalue weighted by molar-refractivity contribution is -0.0557. The Balaban J connectivity index is 1.94. The first kappa shape index (κ1) is 20.8. The smallest absolute Gasteiger partial charge is 0.410 e. The van der Waals surface area contributed by atoms with Crippen LogP contribution in [-0.2, 0) is 19.5 Å². The van der Waals surface area contributed by atoms with E-state index in [1.165, 1.54) is 18.2 Å².